The van der Waals surface area contributed by atoms with Gasteiger partial charge >= 0.3 is 5.97 Å². The zero-order valence-electron chi connectivity index (χ0n) is 16.9. The van der Waals surface area contributed by atoms with E-state index in [0.29, 0.717) is 23.1 Å². The van der Waals surface area contributed by atoms with Crippen LogP contribution in [0.5, 0.6) is 5.75 Å². The van der Waals surface area contributed by atoms with Gasteiger partial charge < -0.3 is 19.7 Å². The van der Waals surface area contributed by atoms with E-state index < -0.39 is 5.97 Å². The summed E-state index contributed by atoms with van der Waals surface area (Å²) >= 11 is 0. The summed E-state index contributed by atoms with van der Waals surface area (Å²) in [6, 6.07) is 17.0. The Morgan fingerprint density at radius 1 is 1.13 bits per heavy atom. The van der Waals surface area contributed by atoms with Crippen molar-refractivity contribution in [3.8, 4) is 16.9 Å². The van der Waals surface area contributed by atoms with Crippen molar-refractivity contribution in [3.63, 3.8) is 0 Å². The highest BCUT2D eigenvalue weighted by Gasteiger charge is 2.24. The maximum atomic E-state index is 12.8. The lowest BCUT2D eigenvalue weighted by Gasteiger charge is -2.10. The molecule has 0 unspecified atom stereocenters. The molecule has 2 aromatic heterocycles. The number of phenols is 1. The van der Waals surface area contributed by atoms with Crippen LogP contribution in [-0.2, 0) is 18.3 Å². The lowest BCUT2D eigenvalue weighted by Crippen LogP contribution is -2.12. The summed E-state index contributed by atoms with van der Waals surface area (Å²) in [5.74, 6) is -0.295. The lowest BCUT2D eigenvalue weighted by atomic mass is 10.0. The fraction of sp³-hybridized carbons (Fsp3) is 0.167. The molecule has 2 aromatic carbocycles. The smallest absolute Gasteiger partial charge is 0.340 e. The molecule has 0 fully saturated rings. The molecule has 0 aliphatic carbocycles. The van der Waals surface area contributed by atoms with Crippen molar-refractivity contribution in [1.29, 1.82) is 0 Å². The average molecular weight is 401 g/mol. The first-order valence-corrected chi connectivity index (χ1v) is 9.80. The normalized spacial score (nSPS) is 10.9. The molecule has 2 heterocycles. The fourth-order valence-corrected chi connectivity index (χ4v) is 3.67. The number of anilines is 1. The molecule has 6 nitrogen and oxygen atoms in total. The summed E-state index contributed by atoms with van der Waals surface area (Å²) in [6.07, 6.45) is 3.37. The summed E-state index contributed by atoms with van der Waals surface area (Å²) in [6.45, 7) is 2.50. The quantitative estimate of drug-likeness (QED) is 0.457. The SMILES string of the molecule is CCOC(=O)c1c(CNc2ccccc2)n(C)c2cc(-c3ccncc3)c(O)cc12. The Morgan fingerprint density at radius 2 is 1.87 bits per heavy atom. The number of nitrogens with one attached hydrogen (secondary N) is 1. The van der Waals surface area contributed by atoms with Crippen molar-refractivity contribution in [2.75, 3.05) is 11.9 Å². The third-order valence-electron chi connectivity index (χ3n) is 5.14. The molecule has 0 radical (unpaired) electrons. The van der Waals surface area contributed by atoms with E-state index in [4.69, 9.17) is 4.74 Å². The Kier molecular flexibility index (Phi) is 5.39. The summed E-state index contributed by atoms with van der Waals surface area (Å²) in [5.41, 5.74) is 4.59. The maximum absolute atomic E-state index is 12.8. The number of hydrogen-bond donors (Lipinski definition) is 2. The second-order valence-electron chi connectivity index (χ2n) is 6.94. The lowest BCUT2D eigenvalue weighted by molar-refractivity contribution is 0.0527. The largest absolute Gasteiger partial charge is 0.507 e. The molecule has 0 saturated carbocycles. The first-order chi connectivity index (χ1) is 14.6. The van der Waals surface area contributed by atoms with Gasteiger partial charge in [0.2, 0.25) is 0 Å². The Bertz CT molecular complexity index is 1190. The minimum atomic E-state index is -0.399. The van der Waals surface area contributed by atoms with Crippen molar-refractivity contribution in [3.05, 3.63) is 78.2 Å². The molecule has 0 aliphatic rings. The number of esters is 1. The highest BCUT2D eigenvalue weighted by atomic mass is 16.5. The van der Waals surface area contributed by atoms with Gasteiger partial charge in [0.05, 0.1) is 24.4 Å². The summed E-state index contributed by atoms with van der Waals surface area (Å²) in [7, 11) is 1.92. The predicted molar refractivity (Wildman–Crippen MR) is 118 cm³/mol. The monoisotopic (exact) mass is 401 g/mol. The van der Waals surface area contributed by atoms with Gasteiger partial charge in [0, 0.05) is 41.6 Å². The molecular formula is C24H23N3O3. The van der Waals surface area contributed by atoms with Gasteiger partial charge in [-0.3, -0.25) is 4.98 Å². The van der Waals surface area contributed by atoms with Gasteiger partial charge in [-0.1, -0.05) is 18.2 Å². The number of benzene rings is 2. The van der Waals surface area contributed by atoms with Crippen LogP contribution >= 0.6 is 0 Å². The molecule has 0 spiro atoms. The molecule has 152 valence electrons. The third-order valence-corrected chi connectivity index (χ3v) is 5.14. The number of rotatable bonds is 6. The van der Waals surface area contributed by atoms with E-state index >= 15 is 0 Å². The Morgan fingerprint density at radius 3 is 2.57 bits per heavy atom. The van der Waals surface area contributed by atoms with E-state index in [0.717, 1.165) is 22.5 Å². The van der Waals surface area contributed by atoms with Gasteiger partial charge in [-0.15, -0.1) is 0 Å². The molecule has 4 rings (SSSR count). The standard InChI is InChI=1S/C24H23N3O3/c1-3-30-24(29)23-19-14-22(28)18(16-9-11-25-12-10-16)13-20(19)27(2)21(23)15-26-17-7-5-4-6-8-17/h4-14,26,28H,3,15H2,1-2H3. The molecule has 6 heteroatoms. The number of para-hydroxylation sites is 1. The molecule has 4 aromatic rings. The number of fused-ring (bicyclic) bond motifs is 1. The van der Waals surface area contributed by atoms with E-state index in [9.17, 15) is 9.90 Å². The van der Waals surface area contributed by atoms with E-state index in [1.807, 2.05) is 60.1 Å². The molecule has 0 atom stereocenters. The number of aromatic hydroxyl groups is 1. The van der Waals surface area contributed by atoms with Crippen LogP contribution < -0.4 is 5.32 Å². The molecule has 0 saturated heterocycles. The number of aryl methyl sites for hydroxylation is 1. The van der Waals surface area contributed by atoms with E-state index in [-0.39, 0.29) is 12.4 Å². The molecule has 0 aliphatic heterocycles. The van der Waals surface area contributed by atoms with Crippen molar-refractivity contribution in [2.24, 2.45) is 7.05 Å². The number of carbonyl (C=O) groups excluding carboxylic acids is 1. The van der Waals surface area contributed by atoms with Gasteiger partial charge in [0.15, 0.2) is 0 Å². The minimum Gasteiger partial charge on any atom is -0.507 e. The Hall–Kier alpha value is -3.80. The van der Waals surface area contributed by atoms with Crippen molar-refractivity contribution in [1.82, 2.24) is 9.55 Å². The second kappa shape index (κ2) is 8.29. The zero-order chi connectivity index (χ0) is 21.1. The molecule has 30 heavy (non-hydrogen) atoms. The number of aromatic nitrogens is 2. The van der Waals surface area contributed by atoms with E-state index in [2.05, 4.69) is 10.3 Å². The van der Waals surface area contributed by atoms with Crippen molar-refractivity contribution >= 4 is 22.6 Å². The molecule has 2 N–H and O–H groups in total. The first kappa shape index (κ1) is 19.5. The summed E-state index contributed by atoms with van der Waals surface area (Å²) in [4.78, 5) is 16.9. The van der Waals surface area contributed by atoms with E-state index in [1.165, 1.54) is 0 Å². The van der Waals surface area contributed by atoms with Crippen LogP contribution in [0.1, 0.15) is 23.0 Å². The van der Waals surface area contributed by atoms with Crippen LogP contribution in [0.2, 0.25) is 0 Å². The van der Waals surface area contributed by atoms with Gasteiger partial charge in [-0.25, -0.2) is 4.79 Å². The summed E-state index contributed by atoms with van der Waals surface area (Å²) in [5, 5.41) is 14.7. The summed E-state index contributed by atoms with van der Waals surface area (Å²) < 4.78 is 7.30. The number of ether oxygens (including phenoxy) is 1. The molecule has 0 amide bonds. The van der Waals surface area contributed by atoms with Crippen LogP contribution in [0.25, 0.3) is 22.0 Å². The maximum Gasteiger partial charge on any atom is 0.340 e. The van der Waals surface area contributed by atoms with Gasteiger partial charge in [0.1, 0.15) is 5.75 Å². The van der Waals surface area contributed by atoms with Crippen LogP contribution in [0, 0.1) is 0 Å². The van der Waals surface area contributed by atoms with Crippen molar-refractivity contribution < 1.29 is 14.6 Å². The Balaban J connectivity index is 1.85. The van der Waals surface area contributed by atoms with Crippen LogP contribution in [0.4, 0.5) is 5.69 Å². The zero-order valence-corrected chi connectivity index (χ0v) is 16.9. The Labute approximate surface area is 174 Å². The number of pyridine rings is 1. The topological polar surface area (TPSA) is 76.4 Å². The minimum absolute atomic E-state index is 0.104. The van der Waals surface area contributed by atoms with Crippen LogP contribution in [-0.4, -0.2) is 27.2 Å². The van der Waals surface area contributed by atoms with Crippen molar-refractivity contribution in [2.45, 2.75) is 13.5 Å². The highest BCUT2D eigenvalue weighted by Crippen LogP contribution is 2.37. The number of nitrogens with zero attached hydrogens (tertiary/aromatic N) is 2. The van der Waals surface area contributed by atoms with E-state index in [1.54, 1.807) is 25.4 Å². The third kappa shape index (κ3) is 3.59. The number of hydrogen-bond acceptors (Lipinski definition) is 5. The number of phenolic OH excluding ortho intramolecular Hbond substituents is 1. The number of carbonyl (C=O) groups is 1. The molecule has 0 bridgehead atoms. The predicted octanol–water partition coefficient (Wildman–Crippen LogP) is 4.73. The molecular weight excluding hydrogens is 378 g/mol. The van der Waals surface area contributed by atoms with Gasteiger partial charge in [-0.05, 0) is 48.9 Å². The van der Waals surface area contributed by atoms with Gasteiger partial charge in [0.25, 0.3) is 0 Å². The average Bonchev–Trinajstić information content (AvgIpc) is 3.04. The fourth-order valence-electron chi connectivity index (χ4n) is 3.67. The van der Waals surface area contributed by atoms with Crippen LogP contribution in [0.15, 0.2) is 67.0 Å². The van der Waals surface area contributed by atoms with Crippen LogP contribution in [0.3, 0.4) is 0 Å². The highest BCUT2D eigenvalue weighted by molar-refractivity contribution is 6.07. The van der Waals surface area contributed by atoms with Gasteiger partial charge in [-0.2, -0.15) is 0 Å². The second-order valence-corrected chi connectivity index (χ2v) is 6.94. The first-order valence-electron chi connectivity index (χ1n) is 9.80.